The maximum absolute atomic E-state index is 11.4. The topological polar surface area (TPSA) is 113 Å². The molecule has 9 heteroatoms. The highest BCUT2D eigenvalue weighted by Gasteiger charge is 2.05. The third-order valence-electron chi connectivity index (χ3n) is 1.86. The van der Waals surface area contributed by atoms with Crippen LogP contribution < -0.4 is 10.6 Å². The highest BCUT2D eigenvalue weighted by atomic mass is 32.2. The highest BCUT2D eigenvalue weighted by molar-refractivity contribution is 7.84. The Bertz CT molecular complexity index is 459. The molecule has 1 unspecified atom stereocenters. The first-order valence-corrected chi connectivity index (χ1v) is 6.79. The Balaban J connectivity index is 2.37. The molecule has 0 aliphatic carbocycles. The number of nitrogens with one attached hydrogen (secondary N) is 2. The lowest BCUT2D eigenvalue weighted by Crippen LogP contribution is -2.31. The summed E-state index contributed by atoms with van der Waals surface area (Å²) >= 11 is 0. The number of carboxylic acid groups (broad SMARTS) is 1. The summed E-state index contributed by atoms with van der Waals surface area (Å²) in [5.74, 6) is -0.634. The quantitative estimate of drug-likeness (QED) is 0.645. The van der Waals surface area contributed by atoms with Gasteiger partial charge >= 0.3 is 12.0 Å². The van der Waals surface area contributed by atoms with E-state index in [0.29, 0.717) is 18.0 Å². The predicted octanol–water partition coefficient (Wildman–Crippen LogP) is -0.532. The zero-order valence-electron chi connectivity index (χ0n) is 9.75. The van der Waals surface area contributed by atoms with Crippen LogP contribution in [-0.2, 0) is 22.1 Å². The van der Waals surface area contributed by atoms with E-state index < -0.39 is 22.8 Å². The van der Waals surface area contributed by atoms with Crippen LogP contribution in [0.1, 0.15) is 0 Å². The SMILES string of the molecule is CS(=O)CCNC(=O)Nc1cnn(CC(=O)O)c1. The highest BCUT2D eigenvalue weighted by Crippen LogP contribution is 2.03. The Kier molecular flexibility index (Phi) is 5.31. The fraction of sp³-hybridized carbons (Fsp3) is 0.444. The van der Waals surface area contributed by atoms with Gasteiger partial charge in [-0.2, -0.15) is 5.10 Å². The summed E-state index contributed by atoms with van der Waals surface area (Å²) in [6, 6.07) is -0.449. The van der Waals surface area contributed by atoms with Gasteiger partial charge in [0.05, 0.1) is 11.9 Å². The van der Waals surface area contributed by atoms with E-state index in [-0.39, 0.29) is 6.54 Å². The van der Waals surface area contributed by atoms with Gasteiger partial charge in [-0.15, -0.1) is 0 Å². The number of carbonyl (C=O) groups is 2. The molecular formula is C9H14N4O4S. The van der Waals surface area contributed by atoms with Gasteiger partial charge in [-0.1, -0.05) is 0 Å². The summed E-state index contributed by atoms with van der Waals surface area (Å²) in [7, 11) is -0.955. The van der Waals surface area contributed by atoms with Crippen LogP contribution in [0.5, 0.6) is 0 Å². The lowest BCUT2D eigenvalue weighted by Gasteiger charge is -2.04. The van der Waals surface area contributed by atoms with Gasteiger partial charge in [-0.05, 0) is 0 Å². The van der Waals surface area contributed by atoms with Crippen molar-refractivity contribution in [2.75, 3.05) is 23.9 Å². The number of hydrogen-bond donors (Lipinski definition) is 3. The van der Waals surface area contributed by atoms with E-state index in [1.807, 2.05) is 0 Å². The number of carboxylic acids is 1. The molecule has 0 saturated heterocycles. The van der Waals surface area contributed by atoms with Crippen molar-refractivity contribution in [3.05, 3.63) is 12.4 Å². The Morgan fingerprint density at radius 2 is 2.28 bits per heavy atom. The number of rotatable bonds is 6. The first kappa shape index (κ1) is 14.2. The van der Waals surface area contributed by atoms with Crippen LogP contribution in [0.4, 0.5) is 10.5 Å². The Hall–Kier alpha value is -1.90. The summed E-state index contributed by atoms with van der Waals surface area (Å²) in [4.78, 5) is 21.8. The van der Waals surface area contributed by atoms with Gasteiger partial charge < -0.3 is 15.7 Å². The van der Waals surface area contributed by atoms with Crippen molar-refractivity contribution in [3.63, 3.8) is 0 Å². The molecule has 0 radical (unpaired) electrons. The number of anilines is 1. The van der Waals surface area contributed by atoms with Gasteiger partial charge in [0, 0.05) is 35.5 Å². The van der Waals surface area contributed by atoms with E-state index in [1.54, 1.807) is 6.26 Å². The van der Waals surface area contributed by atoms with Crippen LogP contribution in [0, 0.1) is 0 Å². The average Bonchev–Trinajstić information content (AvgIpc) is 2.63. The van der Waals surface area contributed by atoms with Crippen molar-refractivity contribution in [2.45, 2.75) is 6.54 Å². The monoisotopic (exact) mass is 274 g/mol. The van der Waals surface area contributed by atoms with Crippen LogP contribution in [0.3, 0.4) is 0 Å². The number of aromatic nitrogens is 2. The van der Waals surface area contributed by atoms with E-state index in [0.717, 1.165) is 0 Å². The largest absolute Gasteiger partial charge is 0.480 e. The van der Waals surface area contributed by atoms with Gasteiger partial charge in [0.2, 0.25) is 0 Å². The van der Waals surface area contributed by atoms with Crippen molar-refractivity contribution >= 4 is 28.5 Å². The van der Waals surface area contributed by atoms with Crippen molar-refractivity contribution in [1.29, 1.82) is 0 Å². The Labute approximate surface area is 106 Å². The second-order valence-electron chi connectivity index (χ2n) is 3.48. The third-order valence-corrected chi connectivity index (χ3v) is 2.64. The molecule has 1 aromatic rings. The molecule has 2 amide bonds. The molecule has 1 aromatic heterocycles. The number of nitrogens with zero attached hydrogens (tertiary/aromatic N) is 2. The molecular weight excluding hydrogens is 260 g/mol. The molecule has 0 aromatic carbocycles. The first-order chi connectivity index (χ1) is 8.47. The van der Waals surface area contributed by atoms with Crippen LogP contribution in [0.15, 0.2) is 12.4 Å². The Morgan fingerprint density at radius 3 is 2.89 bits per heavy atom. The molecule has 1 rings (SSSR count). The lowest BCUT2D eigenvalue weighted by molar-refractivity contribution is -0.137. The van der Waals surface area contributed by atoms with Crippen LogP contribution >= 0.6 is 0 Å². The fourth-order valence-corrected chi connectivity index (χ4v) is 1.53. The van der Waals surface area contributed by atoms with Crippen molar-refractivity contribution in [1.82, 2.24) is 15.1 Å². The smallest absolute Gasteiger partial charge is 0.325 e. The summed E-state index contributed by atoms with van der Waals surface area (Å²) < 4.78 is 12.0. The average molecular weight is 274 g/mol. The van der Waals surface area contributed by atoms with Gasteiger partial charge in [0.15, 0.2) is 0 Å². The van der Waals surface area contributed by atoms with Gasteiger partial charge in [-0.25, -0.2) is 4.79 Å². The second kappa shape index (κ2) is 6.74. The normalized spacial score (nSPS) is 11.8. The zero-order valence-corrected chi connectivity index (χ0v) is 10.6. The van der Waals surface area contributed by atoms with E-state index in [9.17, 15) is 13.8 Å². The minimum Gasteiger partial charge on any atom is -0.480 e. The maximum Gasteiger partial charge on any atom is 0.325 e. The van der Waals surface area contributed by atoms with Crippen LogP contribution in [0.2, 0.25) is 0 Å². The summed E-state index contributed by atoms with van der Waals surface area (Å²) in [5, 5.41) is 17.3. The molecule has 100 valence electrons. The molecule has 8 nitrogen and oxygen atoms in total. The number of carbonyl (C=O) groups excluding carboxylic acids is 1. The van der Waals surface area contributed by atoms with E-state index in [2.05, 4.69) is 15.7 Å². The molecule has 3 N–H and O–H groups in total. The molecule has 0 bridgehead atoms. The molecule has 0 aliphatic heterocycles. The minimum absolute atomic E-state index is 0.266. The second-order valence-corrected chi connectivity index (χ2v) is 5.03. The van der Waals surface area contributed by atoms with Crippen LogP contribution in [0.25, 0.3) is 0 Å². The third kappa shape index (κ3) is 5.43. The van der Waals surface area contributed by atoms with E-state index in [4.69, 9.17) is 5.11 Å². The number of aliphatic carboxylic acids is 1. The van der Waals surface area contributed by atoms with Crippen molar-refractivity contribution < 1.29 is 18.9 Å². The number of hydrogen-bond acceptors (Lipinski definition) is 4. The van der Waals surface area contributed by atoms with Crippen molar-refractivity contribution in [2.24, 2.45) is 0 Å². The lowest BCUT2D eigenvalue weighted by atomic mass is 10.5. The first-order valence-electron chi connectivity index (χ1n) is 5.06. The molecule has 0 spiro atoms. The summed E-state index contributed by atoms with van der Waals surface area (Å²) in [6.45, 7) is 0.0380. The standard InChI is InChI=1S/C9H14N4O4S/c1-18(17)3-2-10-9(16)12-7-4-11-13(5-7)6-8(14)15/h4-5H,2-3,6H2,1H3,(H,14,15)(H2,10,12,16). The van der Waals surface area contributed by atoms with Crippen molar-refractivity contribution in [3.8, 4) is 0 Å². The van der Waals surface area contributed by atoms with Gasteiger partial charge in [0.1, 0.15) is 6.54 Å². The van der Waals surface area contributed by atoms with E-state index in [1.165, 1.54) is 17.1 Å². The molecule has 18 heavy (non-hydrogen) atoms. The molecule has 0 saturated carbocycles. The predicted molar refractivity (Wildman–Crippen MR) is 65.8 cm³/mol. The molecule has 1 atom stereocenters. The van der Waals surface area contributed by atoms with Gasteiger partial charge in [0.25, 0.3) is 0 Å². The molecule has 1 heterocycles. The Morgan fingerprint density at radius 1 is 1.56 bits per heavy atom. The fourth-order valence-electron chi connectivity index (χ4n) is 1.14. The summed E-state index contributed by atoms with van der Waals surface area (Å²) in [5.41, 5.74) is 0.395. The molecule has 0 aliphatic rings. The number of amides is 2. The minimum atomic E-state index is -1.01. The maximum atomic E-state index is 11.4. The van der Waals surface area contributed by atoms with Gasteiger partial charge in [-0.3, -0.25) is 13.7 Å². The van der Waals surface area contributed by atoms with Crippen LogP contribution in [-0.4, -0.2) is 49.6 Å². The zero-order chi connectivity index (χ0) is 13.5. The van der Waals surface area contributed by atoms with E-state index >= 15 is 0 Å². The summed E-state index contributed by atoms with van der Waals surface area (Å²) in [6.07, 6.45) is 4.31. The number of urea groups is 1. The molecule has 0 fully saturated rings.